The summed E-state index contributed by atoms with van der Waals surface area (Å²) in [7, 11) is 0. The first-order chi connectivity index (χ1) is 8.41. The molecule has 0 aromatic heterocycles. The SMILES string of the molecule is CC(S)COCC(COCC(C)S)OCC(C)S. The second-order valence-corrected chi connectivity index (χ2v) is 7.22. The Bertz CT molecular complexity index is 175. The second-order valence-electron chi connectivity index (χ2n) is 4.58. The Hall–Kier alpha value is 0.930. The quantitative estimate of drug-likeness (QED) is 0.511. The van der Waals surface area contributed by atoms with Crippen LogP contribution in [0.3, 0.4) is 0 Å². The van der Waals surface area contributed by atoms with E-state index in [4.69, 9.17) is 14.2 Å². The highest BCUT2D eigenvalue weighted by Gasteiger charge is 2.12. The van der Waals surface area contributed by atoms with Crippen LogP contribution >= 0.6 is 37.9 Å². The molecular formula is C12H26O3S3. The summed E-state index contributed by atoms with van der Waals surface area (Å²) in [5.41, 5.74) is 0. The standard InChI is InChI=1S/C12H26O3S3/c1-9(16)4-13-7-12(15-6-11(3)18)8-14-5-10(2)17/h9-12,16-18H,4-8H2,1-3H3. The normalized spacial score (nSPS) is 18.3. The van der Waals surface area contributed by atoms with Crippen LogP contribution in [0, 0.1) is 0 Å². The molecule has 0 rings (SSSR count). The van der Waals surface area contributed by atoms with E-state index in [-0.39, 0.29) is 21.9 Å². The molecule has 0 aliphatic carbocycles. The van der Waals surface area contributed by atoms with E-state index in [0.29, 0.717) is 33.0 Å². The van der Waals surface area contributed by atoms with Gasteiger partial charge in [-0.15, -0.1) is 0 Å². The zero-order chi connectivity index (χ0) is 14.0. The maximum Gasteiger partial charge on any atom is 0.104 e. The van der Waals surface area contributed by atoms with Crippen molar-refractivity contribution in [3.05, 3.63) is 0 Å². The van der Waals surface area contributed by atoms with Gasteiger partial charge in [0.15, 0.2) is 0 Å². The van der Waals surface area contributed by atoms with Gasteiger partial charge in [0.25, 0.3) is 0 Å². The van der Waals surface area contributed by atoms with Crippen LogP contribution in [0.4, 0.5) is 0 Å². The van der Waals surface area contributed by atoms with E-state index in [1.54, 1.807) is 0 Å². The molecule has 0 aromatic rings. The highest BCUT2D eigenvalue weighted by atomic mass is 32.1. The zero-order valence-corrected chi connectivity index (χ0v) is 14.1. The van der Waals surface area contributed by atoms with Gasteiger partial charge in [-0.1, -0.05) is 20.8 Å². The Morgan fingerprint density at radius 2 is 1.06 bits per heavy atom. The zero-order valence-electron chi connectivity index (χ0n) is 11.4. The average molecular weight is 315 g/mol. The smallest absolute Gasteiger partial charge is 0.104 e. The first-order valence-electron chi connectivity index (χ1n) is 6.23. The third-order valence-electron chi connectivity index (χ3n) is 1.90. The molecule has 3 atom stereocenters. The summed E-state index contributed by atoms with van der Waals surface area (Å²) in [5.74, 6) is 0. The average Bonchev–Trinajstić information content (AvgIpc) is 2.24. The van der Waals surface area contributed by atoms with Gasteiger partial charge in [0, 0.05) is 15.7 Å². The van der Waals surface area contributed by atoms with Crippen molar-refractivity contribution >= 4 is 37.9 Å². The first kappa shape index (κ1) is 18.9. The fourth-order valence-corrected chi connectivity index (χ4v) is 1.46. The van der Waals surface area contributed by atoms with Gasteiger partial charge in [0.2, 0.25) is 0 Å². The van der Waals surface area contributed by atoms with Gasteiger partial charge < -0.3 is 14.2 Å². The lowest BCUT2D eigenvalue weighted by molar-refractivity contribution is -0.0575. The summed E-state index contributed by atoms with van der Waals surface area (Å²) in [4.78, 5) is 0. The molecule has 0 radical (unpaired) electrons. The van der Waals surface area contributed by atoms with Crippen molar-refractivity contribution in [3.8, 4) is 0 Å². The molecule has 0 aliphatic heterocycles. The molecule has 0 aromatic carbocycles. The molecule has 0 aliphatic rings. The molecule has 0 bridgehead atoms. The van der Waals surface area contributed by atoms with Gasteiger partial charge in [-0.05, 0) is 0 Å². The van der Waals surface area contributed by atoms with Gasteiger partial charge in [-0.3, -0.25) is 0 Å². The number of ether oxygens (including phenoxy) is 3. The Kier molecular flexibility index (Phi) is 12.3. The van der Waals surface area contributed by atoms with Gasteiger partial charge >= 0.3 is 0 Å². The predicted octanol–water partition coefficient (Wildman–Crippen LogP) is 2.36. The minimum atomic E-state index is -0.0567. The molecule has 0 saturated heterocycles. The number of hydrogen-bond acceptors (Lipinski definition) is 6. The Morgan fingerprint density at radius 3 is 1.39 bits per heavy atom. The molecule has 0 N–H and O–H groups in total. The van der Waals surface area contributed by atoms with Crippen molar-refractivity contribution in [2.45, 2.75) is 42.6 Å². The fourth-order valence-electron chi connectivity index (χ4n) is 1.16. The fraction of sp³-hybridized carbons (Fsp3) is 1.00. The van der Waals surface area contributed by atoms with Crippen molar-refractivity contribution in [2.24, 2.45) is 0 Å². The summed E-state index contributed by atoms with van der Waals surface area (Å²) in [6, 6.07) is 0. The van der Waals surface area contributed by atoms with Crippen LogP contribution in [0.2, 0.25) is 0 Å². The molecule has 0 heterocycles. The molecule has 6 heteroatoms. The maximum atomic E-state index is 5.69. The summed E-state index contributed by atoms with van der Waals surface area (Å²) < 4.78 is 16.7. The van der Waals surface area contributed by atoms with E-state index in [2.05, 4.69) is 37.9 Å². The lowest BCUT2D eigenvalue weighted by Crippen LogP contribution is -2.29. The Morgan fingerprint density at radius 1 is 0.667 bits per heavy atom. The van der Waals surface area contributed by atoms with Crippen LogP contribution in [-0.2, 0) is 14.2 Å². The largest absolute Gasteiger partial charge is 0.378 e. The summed E-state index contributed by atoms with van der Waals surface area (Å²) in [6.45, 7) is 8.84. The van der Waals surface area contributed by atoms with Crippen LogP contribution in [0.5, 0.6) is 0 Å². The summed E-state index contributed by atoms with van der Waals surface area (Å²) in [5, 5.41) is 0.667. The maximum absolute atomic E-state index is 5.69. The molecule has 3 nitrogen and oxygen atoms in total. The van der Waals surface area contributed by atoms with E-state index >= 15 is 0 Å². The Labute approximate surface area is 128 Å². The first-order valence-corrected chi connectivity index (χ1v) is 7.78. The topological polar surface area (TPSA) is 27.7 Å². The lowest BCUT2D eigenvalue weighted by Gasteiger charge is -2.20. The number of thiol groups is 3. The number of rotatable bonds is 11. The molecule has 0 saturated carbocycles. The van der Waals surface area contributed by atoms with Gasteiger partial charge in [-0.25, -0.2) is 0 Å². The van der Waals surface area contributed by atoms with Crippen LogP contribution < -0.4 is 0 Å². The minimum Gasteiger partial charge on any atom is -0.378 e. The molecule has 0 amide bonds. The van der Waals surface area contributed by atoms with Crippen molar-refractivity contribution < 1.29 is 14.2 Å². The Balaban J connectivity index is 3.84. The molecule has 0 spiro atoms. The lowest BCUT2D eigenvalue weighted by atomic mass is 10.4. The molecule has 3 unspecified atom stereocenters. The van der Waals surface area contributed by atoms with Crippen molar-refractivity contribution in [1.82, 2.24) is 0 Å². The third-order valence-corrected chi connectivity index (χ3v) is 2.35. The van der Waals surface area contributed by atoms with Crippen LogP contribution in [0.15, 0.2) is 0 Å². The minimum absolute atomic E-state index is 0.0567. The molecular weight excluding hydrogens is 288 g/mol. The molecule has 110 valence electrons. The van der Waals surface area contributed by atoms with E-state index < -0.39 is 0 Å². The second kappa shape index (κ2) is 11.7. The van der Waals surface area contributed by atoms with Gasteiger partial charge in [-0.2, -0.15) is 37.9 Å². The van der Waals surface area contributed by atoms with Gasteiger partial charge in [0.05, 0.1) is 33.0 Å². The van der Waals surface area contributed by atoms with E-state index in [1.165, 1.54) is 0 Å². The van der Waals surface area contributed by atoms with Crippen molar-refractivity contribution in [1.29, 1.82) is 0 Å². The summed E-state index contributed by atoms with van der Waals surface area (Å²) >= 11 is 12.8. The van der Waals surface area contributed by atoms with Gasteiger partial charge in [0.1, 0.15) is 6.10 Å². The van der Waals surface area contributed by atoms with Crippen LogP contribution in [0.1, 0.15) is 20.8 Å². The van der Waals surface area contributed by atoms with Crippen molar-refractivity contribution in [3.63, 3.8) is 0 Å². The molecule has 0 fully saturated rings. The highest BCUT2D eigenvalue weighted by molar-refractivity contribution is 7.81. The van der Waals surface area contributed by atoms with Crippen LogP contribution in [0.25, 0.3) is 0 Å². The number of hydrogen-bond donors (Lipinski definition) is 3. The molecule has 18 heavy (non-hydrogen) atoms. The van der Waals surface area contributed by atoms with E-state index in [1.807, 2.05) is 20.8 Å². The van der Waals surface area contributed by atoms with E-state index in [9.17, 15) is 0 Å². The summed E-state index contributed by atoms with van der Waals surface area (Å²) in [6.07, 6.45) is -0.0567. The third kappa shape index (κ3) is 13.4. The highest BCUT2D eigenvalue weighted by Crippen LogP contribution is 2.03. The van der Waals surface area contributed by atoms with E-state index in [0.717, 1.165) is 0 Å². The predicted molar refractivity (Wildman–Crippen MR) is 86.7 cm³/mol. The monoisotopic (exact) mass is 314 g/mol. The van der Waals surface area contributed by atoms with Crippen molar-refractivity contribution in [2.75, 3.05) is 33.0 Å². The van der Waals surface area contributed by atoms with Crippen LogP contribution in [-0.4, -0.2) is 54.9 Å².